The van der Waals surface area contributed by atoms with Crippen LogP contribution in [0.3, 0.4) is 0 Å². The fraction of sp³-hybridized carbons (Fsp3) is 0.925. The van der Waals surface area contributed by atoms with Gasteiger partial charge in [-0.15, -0.1) is 0 Å². The Morgan fingerprint density at radius 2 is 1.55 bits per heavy atom. The molecule has 6 fully saturated rings. The molecule has 0 aromatic heterocycles. The van der Waals surface area contributed by atoms with E-state index < -0.39 is 129 Å². The van der Waals surface area contributed by atoms with Crippen molar-refractivity contribution in [1.29, 1.82) is 0 Å². The first-order valence-electron chi connectivity index (χ1n) is 20.7. The summed E-state index contributed by atoms with van der Waals surface area (Å²) in [6.45, 7) is 12.6. The zero-order valence-electron chi connectivity index (χ0n) is 34.4. The molecule has 1 spiro atoms. The molecule has 17 atom stereocenters. The monoisotopic (exact) mass is 848 g/mol. The number of fused-ring (bicyclic) bond motifs is 4. The first-order valence-corrected chi connectivity index (χ1v) is 22.0. The van der Waals surface area contributed by atoms with Crippen LogP contribution in [0.25, 0.3) is 0 Å². The van der Waals surface area contributed by atoms with Gasteiger partial charge in [-0.25, -0.2) is 4.18 Å². The van der Waals surface area contributed by atoms with Gasteiger partial charge in [0.2, 0.25) is 0 Å². The van der Waals surface area contributed by atoms with Crippen molar-refractivity contribution in [2.75, 3.05) is 13.2 Å². The lowest BCUT2D eigenvalue weighted by Gasteiger charge is -2.64. The molecule has 0 aromatic carbocycles. The van der Waals surface area contributed by atoms with Crippen LogP contribution in [0, 0.1) is 33.5 Å². The number of carbonyl (C=O) groups is 1. The summed E-state index contributed by atoms with van der Waals surface area (Å²) >= 11 is 0. The van der Waals surface area contributed by atoms with Crippen LogP contribution in [0.5, 0.6) is 0 Å². The summed E-state index contributed by atoms with van der Waals surface area (Å²) in [4.78, 5) is 14.3. The highest BCUT2D eigenvalue weighted by atomic mass is 32.3. The highest BCUT2D eigenvalue weighted by molar-refractivity contribution is 7.80. The maximum Gasteiger partial charge on any atom is 0.397 e. The van der Waals surface area contributed by atoms with Crippen molar-refractivity contribution in [3.05, 3.63) is 11.6 Å². The third kappa shape index (κ3) is 6.66. The van der Waals surface area contributed by atoms with E-state index in [1.807, 2.05) is 13.0 Å². The lowest BCUT2D eigenvalue weighted by Crippen LogP contribution is -2.68. The number of hydrogen-bond acceptors (Lipinski definition) is 16. The second-order valence-electron chi connectivity index (χ2n) is 20.1. The topological polar surface area (TPSA) is 268 Å². The molecule has 3 heterocycles. The minimum atomic E-state index is -5.03. The van der Waals surface area contributed by atoms with Gasteiger partial charge in [0.1, 0.15) is 53.2 Å². The third-order valence-electron chi connectivity index (χ3n) is 16.0. The van der Waals surface area contributed by atoms with Gasteiger partial charge in [-0.1, -0.05) is 39.3 Å². The van der Waals surface area contributed by atoms with E-state index in [9.17, 15) is 53.5 Å². The van der Waals surface area contributed by atoms with Gasteiger partial charge >= 0.3 is 16.4 Å². The van der Waals surface area contributed by atoms with Gasteiger partial charge in [0.15, 0.2) is 12.6 Å². The lowest BCUT2D eigenvalue weighted by atomic mass is 9.40. The maximum atomic E-state index is 14.3. The molecule has 3 saturated carbocycles. The van der Waals surface area contributed by atoms with Gasteiger partial charge in [0.05, 0.1) is 31.0 Å². The molecule has 0 amide bonds. The molecule has 0 radical (unpaired) electrons. The average molecular weight is 849 g/mol. The number of carbonyl (C=O) groups excluding carboxylic acids is 1. The highest BCUT2D eigenvalue weighted by Crippen LogP contribution is 2.77. The van der Waals surface area contributed by atoms with Crippen LogP contribution < -0.4 is 0 Å². The van der Waals surface area contributed by atoms with E-state index in [0.29, 0.717) is 51.4 Å². The zero-order chi connectivity index (χ0) is 42.8. The van der Waals surface area contributed by atoms with E-state index in [0.717, 1.165) is 5.57 Å². The smallest absolute Gasteiger partial charge is 0.397 e. The van der Waals surface area contributed by atoms with Crippen molar-refractivity contribution in [2.45, 2.75) is 184 Å². The van der Waals surface area contributed by atoms with E-state index >= 15 is 0 Å². The van der Waals surface area contributed by atoms with Gasteiger partial charge in [0.25, 0.3) is 0 Å². The quantitative estimate of drug-likeness (QED) is 0.0660. The summed E-state index contributed by atoms with van der Waals surface area (Å²) in [5.41, 5.74) is -6.24. The van der Waals surface area contributed by atoms with Crippen molar-refractivity contribution in [3.8, 4) is 0 Å². The summed E-state index contributed by atoms with van der Waals surface area (Å²) in [5, 5.41) is 77.6. The van der Waals surface area contributed by atoms with Gasteiger partial charge in [-0.2, -0.15) is 8.42 Å². The van der Waals surface area contributed by atoms with Crippen LogP contribution in [-0.4, -0.2) is 146 Å². The normalized spacial score (nSPS) is 50.3. The Labute approximate surface area is 339 Å². The SMILES string of the molecule is CC(C)(O)CCC[C@]1(C)OC(=O)C23[C@@H](O)C=C4C(CCC5C(C)(C)C(O[C@@H]6OC[C@@H](OS(=O)(=O)O)[C@H](O)[C@H]6O[C@@H]6OC[C@@H](O)[C@H](O)[C@H]6O)CC[C@]45C)[C@]2(C)CC[C@@]31O. The van der Waals surface area contributed by atoms with Gasteiger partial charge in [-0.3, -0.25) is 9.35 Å². The van der Waals surface area contributed by atoms with E-state index in [2.05, 4.69) is 25.0 Å². The summed E-state index contributed by atoms with van der Waals surface area (Å²) in [7, 11) is -5.03. The predicted octanol–water partition coefficient (Wildman–Crippen LogP) is 1.03. The summed E-state index contributed by atoms with van der Waals surface area (Å²) in [6, 6.07) is 0. The number of allylic oxidation sites excluding steroid dienone is 1. The average Bonchev–Trinajstić information content (AvgIpc) is 3.47. The number of ether oxygens (including phenoxy) is 5. The third-order valence-corrected chi connectivity index (χ3v) is 16.5. The molecule has 0 bridgehead atoms. The number of hydrogen-bond donors (Lipinski definition) is 8. The molecule has 332 valence electrons. The van der Waals surface area contributed by atoms with Gasteiger partial charge < -0.3 is 59.4 Å². The summed E-state index contributed by atoms with van der Waals surface area (Å²) in [5.74, 6) is -0.755. The minimum absolute atomic E-state index is 0.0300. The standard InChI is InChI=1S/C40H64O17S/c1-34(2,47)12-8-13-38(7)39(48)16-15-37(6)20-9-10-24-35(3,4)26(11-14-36(24,5)21(20)17-25(42)40(37,39)33(46)56-38)54-32-30(28(44)23(19-53-32)57-58(49,50)51)55-31-29(45)27(43)22(41)18-52-31/h17,20,22-32,41-45,47-48H,8-16,18-19H2,1-7H3,(H,49,50,51)/t20?,22-,23-,24?,25+,26?,27+,28+,29-,30-,31+,32+,36-,37+,38+,39+,40?/m1/s1. The Hall–Kier alpha value is -1.36. The Balaban J connectivity index is 1.14. The number of cyclic esters (lactones) is 1. The van der Waals surface area contributed by atoms with Gasteiger partial charge in [-0.05, 0) is 107 Å². The molecule has 58 heavy (non-hydrogen) atoms. The molecule has 7 aliphatic rings. The van der Waals surface area contributed by atoms with Crippen LogP contribution in [0.4, 0.5) is 0 Å². The minimum Gasteiger partial charge on any atom is -0.456 e. The Kier molecular flexibility index (Phi) is 11.3. The fourth-order valence-corrected chi connectivity index (χ4v) is 13.4. The first-order chi connectivity index (χ1) is 26.7. The summed E-state index contributed by atoms with van der Waals surface area (Å²) in [6.07, 6.45) is -8.23. The first kappa shape index (κ1) is 44.7. The number of esters is 1. The van der Waals surface area contributed by atoms with Crippen molar-refractivity contribution >= 4 is 16.4 Å². The van der Waals surface area contributed by atoms with Crippen LogP contribution in [-0.2, 0) is 43.1 Å². The molecule has 3 saturated heterocycles. The highest BCUT2D eigenvalue weighted by Gasteiger charge is 2.85. The largest absolute Gasteiger partial charge is 0.456 e. The number of aliphatic hydroxyl groups excluding tert-OH is 5. The van der Waals surface area contributed by atoms with Crippen LogP contribution >= 0.6 is 0 Å². The zero-order valence-corrected chi connectivity index (χ0v) is 35.3. The van der Waals surface area contributed by atoms with E-state index in [1.54, 1.807) is 20.8 Å². The molecule has 4 aliphatic carbocycles. The molecule has 0 aromatic rings. The van der Waals surface area contributed by atoms with Crippen molar-refractivity contribution < 1.29 is 81.4 Å². The van der Waals surface area contributed by atoms with E-state index in [-0.39, 0.29) is 18.3 Å². The Morgan fingerprint density at radius 1 is 0.879 bits per heavy atom. The lowest BCUT2D eigenvalue weighted by molar-refractivity contribution is -0.354. The van der Waals surface area contributed by atoms with Gasteiger partial charge in [0, 0.05) is 0 Å². The molecule has 18 heteroatoms. The molecule has 17 nitrogen and oxygen atoms in total. The van der Waals surface area contributed by atoms with E-state index in [4.69, 9.17) is 23.7 Å². The van der Waals surface area contributed by atoms with E-state index in [1.165, 1.54) is 0 Å². The van der Waals surface area contributed by atoms with Crippen LogP contribution in [0.1, 0.15) is 106 Å². The Morgan fingerprint density at radius 3 is 2.21 bits per heavy atom. The van der Waals surface area contributed by atoms with Crippen LogP contribution in [0.15, 0.2) is 11.6 Å². The second-order valence-corrected chi connectivity index (χ2v) is 21.2. The van der Waals surface area contributed by atoms with Crippen molar-refractivity contribution in [2.24, 2.45) is 33.5 Å². The molecule has 3 aliphatic heterocycles. The van der Waals surface area contributed by atoms with Crippen LogP contribution in [0.2, 0.25) is 0 Å². The second kappa shape index (κ2) is 14.6. The molecular formula is C40H64O17S. The Bertz CT molecular complexity index is 1730. The number of aliphatic hydroxyl groups is 7. The molecule has 8 N–H and O–H groups in total. The number of rotatable bonds is 10. The predicted molar refractivity (Wildman–Crippen MR) is 200 cm³/mol. The maximum absolute atomic E-state index is 14.3. The molecule has 4 unspecified atom stereocenters. The fourth-order valence-electron chi connectivity index (χ4n) is 13.0. The molecule has 7 rings (SSSR count). The van der Waals surface area contributed by atoms with Crippen molar-refractivity contribution in [1.82, 2.24) is 0 Å². The molecular weight excluding hydrogens is 784 g/mol. The summed E-state index contributed by atoms with van der Waals surface area (Å²) < 4.78 is 67.2. The van der Waals surface area contributed by atoms with Crippen molar-refractivity contribution in [3.63, 3.8) is 0 Å².